The van der Waals surface area contributed by atoms with Crippen molar-refractivity contribution in [2.75, 3.05) is 45.8 Å². The van der Waals surface area contributed by atoms with E-state index in [1.54, 1.807) is 9.80 Å². The fraction of sp³-hybridized carbons (Fsp3) is 0.571. The summed E-state index contributed by atoms with van der Waals surface area (Å²) in [7, 11) is 0. The molecular formula is C21H29N5O3. The molecular weight excluding hydrogens is 370 g/mol. The maximum Gasteiger partial charge on any atom is 0.318 e. The topological polar surface area (TPSA) is 85.0 Å². The highest BCUT2D eigenvalue weighted by atomic mass is 16.2. The molecule has 3 heterocycles. The number of piperidine rings is 1. The summed E-state index contributed by atoms with van der Waals surface area (Å²) >= 11 is 0. The summed E-state index contributed by atoms with van der Waals surface area (Å²) in [6, 6.07) is 8.04. The molecule has 3 aliphatic heterocycles. The van der Waals surface area contributed by atoms with E-state index >= 15 is 0 Å². The molecule has 29 heavy (non-hydrogen) atoms. The Balaban J connectivity index is 1.27. The predicted molar refractivity (Wildman–Crippen MR) is 108 cm³/mol. The Bertz CT molecular complexity index is 783. The normalized spacial score (nSPS) is 22.3. The fourth-order valence-electron chi connectivity index (χ4n) is 4.49. The summed E-state index contributed by atoms with van der Waals surface area (Å²) in [4.78, 5) is 42.8. The Hall–Kier alpha value is -2.61. The second-order valence-corrected chi connectivity index (χ2v) is 8.00. The summed E-state index contributed by atoms with van der Waals surface area (Å²) in [6.45, 7) is 4.34. The number of likely N-dealkylation sites (tertiary alicyclic amines) is 1. The Labute approximate surface area is 171 Å². The van der Waals surface area contributed by atoms with Gasteiger partial charge in [-0.15, -0.1) is 0 Å². The van der Waals surface area contributed by atoms with Crippen molar-refractivity contribution in [2.45, 2.75) is 31.8 Å². The van der Waals surface area contributed by atoms with Gasteiger partial charge < -0.3 is 25.3 Å². The van der Waals surface area contributed by atoms with Gasteiger partial charge in [-0.25, -0.2) is 4.79 Å². The third-order valence-corrected chi connectivity index (χ3v) is 6.12. The highest BCUT2D eigenvalue weighted by molar-refractivity contribution is 5.84. The van der Waals surface area contributed by atoms with Crippen molar-refractivity contribution >= 4 is 17.8 Å². The largest absolute Gasteiger partial charge is 0.339 e. The van der Waals surface area contributed by atoms with E-state index in [0.717, 1.165) is 25.8 Å². The molecule has 1 atom stereocenters. The molecule has 4 rings (SSSR count). The van der Waals surface area contributed by atoms with E-state index in [1.807, 2.05) is 23.1 Å². The van der Waals surface area contributed by atoms with E-state index in [2.05, 4.69) is 16.7 Å². The monoisotopic (exact) mass is 399 g/mol. The number of hydrogen-bond donors (Lipinski definition) is 2. The molecule has 0 radical (unpaired) electrons. The first-order chi connectivity index (χ1) is 14.1. The molecule has 0 saturated carbocycles. The van der Waals surface area contributed by atoms with Crippen molar-refractivity contribution < 1.29 is 14.4 Å². The molecule has 4 amide bonds. The maximum absolute atomic E-state index is 12.7. The first-order valence-corrected chi connectivity index (χ1v) is 10.5. The molecule has 0 spiro atoms. The lowest BCUT2D eigenvalue weighted by Gasteiger charge is -2.41. The zero-order valence-corrected chi connectivity index (χ0v) is 16.7. The van der Waals surface area contributed by atoms with Crippen molar-refractivity contribution in [2.24, 2.45) is 0 Å². The van der Waals surface area contributed by atoms with Gasteiger partial charge in [-0.1, -0.05) is 24.3 Å². The summed E-state index contributed by atoms with van der Waals surface area (Å²) in [5.41, 5.74) is 2.45. The molecule has 1 unspecified atom stereocenters. The number of nitrogens with one attached hydrogen (secondary N) is 2. The van der Waals surface area contributed by atoms with Crippen LogP contribution in [-0.4, -0.2) is 84.4 Å². The SMILES string of the molecule is O=C(CNC(=O)N1CCc2ccccc2C1)N1CCCC(N2CCNCC2=O)C1. The third kappa shape index (κ3) is 4.53. The van der Waals surface area contributed by atoms with Gasteiger partial charge in [0.05, 0.1) is 13.1 Å². The number of carbonyl (C=O) groups is 3. The molecule has 8 nitrogen and oxygen atoms in total. The van der Waals surface area contributed by atoms with Crippen molar-refractivity contribution in [3.05, 3.63) is 35.4 Å². The Morgan fingerprint density at radius 2 is 1.93 bits per heavy atom. The quantitative estimate of drug-likeness (QED) is 0.759. The number of nitrogens with zero attached hydrogens (tertiary/aromatic N) is 3. The zero-order valence-electron chi connectivity index (χ0n) is 16.7. The van der Waals surface area contributed by atoms with Crippen LogP contribution in [0.4, 0.5) is 4.79 Å². The second-order valence-electron chi connectivity index (χ2n) is 8.00. The number of hydrogen-bond acceptors (Lipinski definition) is 4. The third-order valence-electron chi connectivity index (χ3n) is 6.12. The van der Waals surface area contributed by atoms with Crippen molar-refractivity contribution in [3.63, 3.8) is 0 Å². The van der Waals surface area contributed by atoms with E-state index in [-0.39, 0.29) is 30.4 Å². The Morgan fingerprint density at radius 3 is 2.76 bits per heavy atom. The van der Waals surface area contributed by atoms with Crippen LogP contribution in [0.15, 0.2) is 24.3 Å². The van der Waals surface area contributed by atoms with Crippen LogP contribution in [0.5, 0.6) is 0 Å². The summed E-state index contributed by atoms with van der Waals surface area (Å²) in [6.07, 6.45) is 2.64. The Morgan fingerprint density at radius 1 is 1.10 bits per heavy atom. The van der Waals surface area contributed by atoms with Crippen LogP contribution in [0.25, 0.3) is 0 Å². The number of benzene rings is 1. The lowest BCUT2D eigenvalue weighted by atomic mass is 10.0. The van der Waals surface area contributed by atoms with E-state index < -0.39 is 0 Å². The van der Waals surface area contributed by atoms with E-state index in [9.17, 15) is 14.4 Å². The van der Waals surface area contributed by atoms with E-state index in [0.29, 0.717) is 39.3 Å². The maximum atomic E-state index is 12.7. The minimum absolute atomic E-state index is 0.000792. The van der Waals surface area contributed by atoms with Crippen LogP contribution in [0.3, 0.4) is 0 Å². The van der Waals surface area contributed by atoms with E-state index in [4.69, 9.17) is 0 Å². The molecule has 0 aliphatic carbocycles. The van der Waals surface area contributed by atoms with Gasteiger partial charge in [0.25, 0.3) is 0 Å². The molecule has 8 heteroatoms. The molecule has 0 bridgehead atoms. The highest BCUT2D eigenvalue weighted by Crippen LogP contribution is 2.19. The standard InChI is InChI=1S/C21H29N5O3/c27-19(24-9-3-6-18(15-24)26-11-8-22-12-20(26)28)13-23-21(29)25-10-7-16-4-1-2-5-17(16)14-25/h1-2,4-5,18,22H,3,6-15H2,(H,23,29). The van der Waals surface area contributed by atoms with Crippen LogP contribution in [0, 0.1) is 0 Å². The van der Waals surface area contributed by atoms with Crippen LogP contribution in [-0.2, 0) is 22.6 Å². The first kappa shape index (κ1) is 19.7. The van der Waals surface area contributed by atoms with Crippen LogP contribution < -0.4 is 10.6 Å². The molecule has 2 fully saturated rings. The average molecular weight is 399 g/mol. The molecule has 1 aromatic rings. The summed E-state index contributed by atoms with van der Waals surface area (Å²) in [5.74, 6) is 0.0253. The number of urea groups is 1. The molecule has 0 aromatic heterocycles. The predicted octanol–water partition coefficient (Wildman–Crippen LogP) is 0.177. The lowest BCUT2D eigenvalue weighted by Crippen LogP contribution is -2.58. The molecule has 2 N–H and O–H groups in total. The van der Waals surface area contributed by atoms with Crippen LogP contribution in [0.2, 0.25) is 0 Å². The van der Waals surface area contributed by atoms with Gasteiger partial charge in [0.2, 0.25) is 11.8 Å². The van der Waals surface area contributed by atoms with Gasteiger partial charge in [0.15, 0.2) is 0 Å². The number of carbonyl (C=O) groups excluding carboxylic acids is 3. The fourth-order valence-corrected chi connectivity index (χ4v) is 4.49. The Kier molecular flexibility index (Phi) is 5.99. The molecule has 2 saturated heterocycles. The number of piperazine rings is 1. The summed E-state index contributed by atoms with van der Waals surface area (Å²) < 4.78 is 0. The van der Waals surface area contributed by atoms with Gasteiger partial charge >= 0.3 is 6.03 Å². The zero-order chi connectivity index (χ0) is 20.2. The van der Waals surface area contributed by atoms with Gasteiger partial charge in [0.1, 0.15) is 0 Å². The second kappa shape index (κ2) is 8.82. The van der Waals surface area contributed by atoms with Crippen molar-refractivity contribution in [1.29, 1.82) is 0 Å². The smallest absolute Gasteiger partial charge is 0.318 e. The first-order valence-electron chi connectivity index (χ1n) is 10.5. The molecule has 1 aromatic carbocycles. The highest BCUT2D eigenvalue weighted by Gasteiger charge is 2.31. The lowest BCUT2D eigenvalue weighted by molar-refractivity contribution is -0.140. The van der Waals surface area contributed by atoms with E-state index in [1.165, 1.54) is 11.1 Å². The minimum Gasteiger partial charge on any atom is -0.339 e. The van der Waals surface area contributed by atoms with Gasteiger partial charge in [-0.3, -0.25) is 9.59 Å². The molecule has 3 aliphatic rings. The summed E-state index contributed by atoms with van der Waals surface area (Å²) in [5, 5.41) is 5.87. The van der Waals surface area contributed by atoms with Gasteiger partial charge in [-0.05, 0) is 30.4 Å². The molecule has 156 valence electrons. The minimum atomic E-state index is -0.196. The van der Waals surface area contributed by atoms with Gasteiger partial charge in [0, 0.05) is 45.3 Å². The number of rotatable bonds is 3. The van der Waals surface area contributed by atoms with Gasteiger partial charge in [-0.2, -0.15) is 0 Å². The average Bonchev–Trinajstić information content (AvgIpc) is 2.77. The van der Waals surface area contributed by atoms with Crippen molar-refractivity contribution in [3.8, 4) is 0 Å². The van der Waals surface area contributed by atoms with Crippen LogP contribution in [0.1, 0.15) is 24.0 Å². The number of amides is 4. The number of fused-ring (bicyclic) bond motifs is 1. The van der Waals surface area contributed by atoms with Crippen LogP contribution >= 0.6 is 0 Å². The van der Waals surface area contributed by atoms with Crippen molar-refractivity contribution in [1.82, 2.24) is 25.3 Å².